The largest absolute Gasteiger partial charge is 0.400 e. The van der Waals surface area contributed by atoms with Crippen LogP contribution in [0.1, 0.15) is 102 Å². The van der Waals surface area contributed by atoms with Crippen LogP contribution in [0, 0.1) is 22.7 Å². The topological polar surface area (TPSA) is 62.2 Å². The van der Waals surface area contributed by atoms with Crippen LogP contribution in [-0.2, 0) is 0 Å². The number of hydrogen-bond acceptors (Lipinski definition) is 3. The van der Waals surface area contributed by atoms with Crippen molar-refractivity contribution in [3.05, 3.63) is 42.2 Å². The fraction of sp³-hybridized carbons (Fsp3) is 0.714. The number of aliphatic hydroxyl groups is 1. The molecule has 4 heteroatoms. The van der Waals surface area contributed by atoms with Crippen molar-refractivity contribution in [2.45, 2.75) is 91.9 Å². The van der Waals surface area contributed by atoms with Crippen LogP contribution in [0.15, 0.2) is 36.7 Å². The van der Waals surface area contributed by atoms with E-state index < -0.39 is 0 Å². The molecule has 1 aromatic rings. The Morgan fingerprint density at radius 1 is 1.09 bits per heavy atom. The molecule has 0 aromatic carbocycles. The van der Waals surface area contributed by atoms with E-state index >= 15 is 0 Å². The van der Waals surface area contributed by atoms with Crippen LogP contribution < -0.4 is 5.32 Å². The molecule has 0 saturated heterocycles. The number of allylic oxidation sites excluding steroid dienone is 1. The first-order valence-corrected chi connectivity index (χ1v) is 12.6. The van der Waals surface area contributed by atoms with E-state index in [9.17, 15) is 4.79 Å². The Morgan fingerprint density at radius 2 is 1.75 bits per heavy atom. The highest BCUT2D eigenvalue weighted by atomic mass is 16.2. The summed E-state index contributed by atoms with van der Waals surface area (Å²) in [5.74, 6) is 1.88. The van der Waals surface area contributed by atoms with Gasteiger partial charge in [-0.05, 0) is 79.7 Å². The average molecular weight is 445 g/mol. The molecule has 1 amide bonds. The van der Waals surface area contributed by atoms with E-state index in [1.165, 1.54) is 70.4 Å². The van der Waals surface area contributed by atoms with Gasteiger partial charge >= 0.3 is 0 Å². The maximum Gasteiger partial charge on any atom is 0.252 e. The number of nitrogens with zero attached hydrogens (tertiary/aromatic N) is 1. The third-order valence-corrected chi connectivity index (χ3v) is 8.17. The van der Waals surface area contributed by atoms with Gasteiger partial charge in [-0.1, -0.05) is 59.1 Å². The molecule has 182 valence electrons. The Bertz CT molecular complexity index is 684. The summed E-state index contributed by atoms with van der Waals surface area (Å²) in [4.78, 5) is 14.7. The predicted octanol–water partition coefficient (Wildman–Crippen LogP) is 6.81. The van der Waals surface area contributed by atoms with Crippen molar-refractivity contribution >= 4 is 5.91 Å². The second-order valence-electron chi connectivity index (χ2n) is 9.77. The maximum atomic E-state index is 10.9. The van der Waals surface area contributed by atoms with Crippen LogP contribution in [0.3, 0.4) is 0 Å². The van der Waals surface area contributed by atoms with Gasteiger partial charge in [0.15, 0.2) is 0 Å². The lowest BCUT2D eigenvalue weighted by molar-refractivity contribution is 0.0126. The Labute approximate surface area is 197 Å². The van der Waals surface area contributed by atoms with E-state index in [1.807, 2.05) is 13.8 Å². The van der Waals surface area contributed by atoms with Crippen LogP contribution >= 0.6 is 0 Å². The molecule has 3 fully saturated rings. The maximum absolute atomic E-state index is 10.9. The summed E-state index contributed by atoms with van der Waals surface area (Å²) in [6, 6.07) is 3.44. The fourth-order valence-corrected chi connectivity index (χ4v) is 5.97. The molecule has 4 rings (SSSR count). The van der Waals surface area contributed by atoms with Crippen LogP contribution in [0.25, 0.3) is 0 Å². The Balaban J connectivity index is 0.000000312. The lowest BCUT2D eigenvalue weighted by Gasteiger charge is -2.51. The first-order valence-electron chi connectivity index (χ1n) is 12.6. The minimum absolute atomic E-state index is 0.104. The molecule has 0 spiro atoms. The lowest BCUT2D eigenvalue weighted by atomic mass is 9.54. The summed E-state index contributed by atoms with van der Waals surface area (Å²) in [5.41, 5.74) is 3.33. The third-order valence-electron chi connectivity index (χ3n) is 8.17. The number of aromatic nitrogens is 1. The molecule has 1 aromatic heterocycles. The van der Waals surface area contributed by atoms with Crippen molar-refractivity contribution in [2.24, 2.45) is 22.7 Å². The lowest BCUT2D eigenvalue weighted by Crippen LogP contribution is -2.41. The van der Waals surface area contributed by atoms with E-state index in [-0.39, 0.29) is 5.91 Å². The third kappa shape index (κ3) is 6.91. The minimum Gasteiger partial charge on any atom is -0.400 e. The molecule has 2 N–H and O–H groups in total. The highest BCUT2D eigenvalue weighted by Gasteiger charge is 2.50. The van der Waals surface area contributed by atoms with Crippen molar-refractivity contribution in [3.63, 3.8) is 0 Å². The monoisotopic (exact) mass is 444 g/mol. The highest BCUT2D eigenvalue weighted by Crippen LogP contribution is 2.61. The smallest absolute Gasteiger partial charge is 0.252 e. The molecule has 1 heterocycles. The number of carbonyl (C=O) groups excluding carboxylic acids is 1. The second-order valence-corrected chi connectivity index (χ2v) is 9.77. The average Bonchev–Trinajstić information content (AvgIpc) is 3.16. The molecular weight excluding hydrogens is 396 g/mol. The van der Waals surface area contributed by atoms with E-state index in [4.69, 9.17) is 5.11 Å². The number of carbonyl (C=O) groups is 1. The summed E-state index contributed by atoms with van der Waals surface area (Å²) in [6.45, 7) is 13.5. The van der Waals surface area contributed by atoms with Gasteiger partial charge in [0, 0.05) is 26.6 Å². The summed E-state index contributed by atoms with van der Waals surface area (Å²) >= 11 is 0. The predicted molar refractivity (Wildman–Crippen MR) is 136 cm³/mol. The molecule has 0 radical (unpaired) electrons. The number of rotatable bonds is 2. The van der Waals surface area contributed by atoms with Crippen LogP contribution in [0.4, 0.5) is 0 Å². The molecule has 3 saturated carbocycles. The quantitative estimate of drug-likeness (QED) is 0.493. The summed E-state index contributed by atoms with van der Waals surface area (Å²) in [7, 11) is 2.59. The van der Waals surface area contributed by atoms with Gasteiger partial charge in [0.2, 0.25) is 0 Å². The first kappa shape index (κ1) is 28.4. The van der Waals surface area contributed by atoms with Gasteiger partial charge in [-0.2, -0.15) is 0 Å². The first-order chi connectivity index (χ1) is 15.4. The van der Waals surface area contributed by atoms with E-state index in [0.29, 0.717) is 16.4 Å². The second kappa shape index (κ2) is 13.8. The Kier molecular flexibility index (Phi) is 12.2. The molecule has 4 nitrogen and oxygen atoms in total. The zero-order chi connectivity index (χ0) is 24.2. The van der Waals surface area contributed by atoms with Crippen molar-refractivity contribution in [2.75, 3.05) is 14.2 Å². The zero-order valence-corrected chi connectivity index (χ0v) is 21.5. The molecular formula is C28H48N2O2. The summed E-state index contributed by atoms with van der Waals surface area (Å²) in [5, 5.41) is 9.50. The number of hydrogen-bond donors (Lipinski definition) is 2. The number of nitrogens with one attached hydrogen (secondary N) is 1. The van der Waals surface area contributed by atoms with Crippen LogP contribution in [0.2, 0.25) is 0 Å². The minimum atomic E-state index is -0.104. The van der Waals surface area contributed by atoms with Gasteiger partial charge in [-0.25, -0.2) is 0 Å². The Hall–Kier alpha value is -1.68. The number of amides is 1. The van der Waals surface area contributed by atoms with Crippen molar-refractivity contribution in [1.29, 1.82) is 0 Å². The Morgan fingerprint density at radius 3 is 2.31 bits per heavy atom. The van der Waals surface area contributed by atoms with Gasteiger partial charge in [0.25, 0.3) is 5.91 Å². The van der Waals surface area contributed by atoms with Crippen molar-refractivity contribution in [1.82, 2.24) is 10.3 Å². The number of aliphatic hydroxyl groups excluding tert-OH is 1. The van der Waals surface area contributed by atoms with E-state index in [1.54, 1.807) is 31.0 Å². The molecule has 32 heavy (non-hydrogen) atoms. The molecule has 3 aliphatic rings. The van der Waals surface area contributed by atoms with Gasteiger partial charge in [0.1, 0.15) is 0 Å². The van der Waals surface area contributed by atoms with E-state index in [0.717, 1.165) is 18.9 Å². The number of pyridine rings is 1. The summed E-state index contributed by atoms with van der Waals surface area (Å²) < 4.78 is 0. The van der Waals surface area contributed by atoms with Gasteiger partial charge in [-0.3, -0.25) is 9.78 Å². The fourth-order valence-electron chi connectivity index (χ4n) is 5.97. The molecule has 3 atom stereocenters. The molecule has 3 aliphatic carbocycles. The van der Waals surface area contributed by atoms with Gasteiger partial charge in [0.05, 0.1) is 5.56 Å². The van der Waals surface area contributed by atoms with Crippen molar-refractivity contribution in [3.8, 4) is 0 Å². The molecule has 3 unspecified atom stereocenters. The summed E-state index contributed by atoms with van der Waals surface area (Å²) in [6.07, 6.45) is 17.8. The van der Waals surface area contributed by atoms with Gasteiger partial charge < -0.3 is 10.4 Å². The van der Waals surface area contributed by atoms with E-state index in [2.05, 4.69) is 30.7 Å². The zero-order valence-electron chi connectivity index (χ0n) is 21.5. The standard InChI is InChI=1S/C18H30.C7H8N2O.C2H6.CH4O/c1-14-9-10-16-13-17(2,11-12-18(14,16)3)15-7-5-4-6-8-15;1-8-7(10)6-3-2-4-9-5-6;2*1-2/h15-16H,1,4-13H2,2-3H3;2-5H,1H3,(H,8,10);1-2H3;2H,1H3. The normalized spacial score (nSPS) is 29.1. The van der Waals surface area contributed by atoms with Crippen LogP contribution in [0.5, 0.6) is 0 Å². The van der Waals surface area contributed by atoms with Crippen molar-refractivity contribution < 1.29 is 9.90 Å². The SMILES string of the molecule is C=C1CCC2CC(C)(C3CCCCC3)CCC12C.CC.CNC(=O)c1cccnc1.CO. The highest BCUT2D eigenvalue weighted by molar-refractivity contribution is 5.93. The van der Waals surface area contributed by atoms with Crippen LogP contribution in [-0.4, -0.2) is 30.2 Å². The molecule has 0 aliphatic heterocycles. The van der Waals surface area contributed by atoms with Gasteiger partial charge in [-0.15, -0.1) is 0 Å². The number of fused-ring (bicyclic) bond motifs is 1. The molecule has 0 bridgehead atoms.